The van der Waals surface area contributed by atoms with Crippen LogP contribution in [0.15, 0.2) is 24.3 Å². The van der Waals surface area contributed by atoms with Crippen molar-refractivity contribution in [2.24, 2.45) is 5.73 Å². The van der Waals surface area contributed by atoms with Crippen LogP contribution < -0.4 is 16.4 Å². The van der Waals surface area contributed by atoms with Gasteiger partial charge in [0, 0.05) is 24.7 Å². The summed E-state index contributed by atoms with van der Waals surface area (Å²) < 4.78 is 11.1. The molecule has 0 aliphatic carbocycles. The van der Waals surface area contributed by atoms with Gasteiger partial charge < -0.3 is 25.8 Å². The average Bonchev–Trinajstić information content (AvgIpc) is 2.71. The molecule has 0 bridgehead atoms. The van der Waals surface area contributed by atoms with Crippen molar-refractivity contribution in [1.82, 2.24) is 15.5 Å². The van der Waals surface area contributed by atoms with E-state index >= 15 is 0 Å². The summed E-state index contributed by atoms with van der Waals surface area (Å²) in [6.45, 7) is 8.79. The second-order valence-electron chi connectivity index (χ2n) is 7.32. The Morgan fingerprint density at radius 1 is 1.00 bits per heavy atom. The number of hydrogen-bond acceptors (Lipinski definition) is 6. The smallest absolute Gasteiger partial charge is 0.408 e. The van der Waals surface area contributed by atoms with Gasteiger partial charge in [-0.2, -0.15) is 0 Å². The third-order valence-corrected chi connectivity index (χ3v) is 5.05. The normalized spacial score (nSPS) is 13.1. The van der Waals surface area contributed by atoms with E-state index in [4.69, 9.17) is 26.8 Å². The summed E-state index contributed by atoms with van der Waals surface area (Å²) in [5.41, 5.74) is 6.92. The molecular weight excluding hydrogens is 491 g/mol. The van der Waals surface area contributed by atoms with Crippen LogP contribution in [-0.2, 0) is 9.47 Å². The van der Waals surface area contributed by atoms with Gasteiger partial charge in [-0.05, 0) is 44.4 Å². The summed E-state index contributed by atoms with van der Waals surface area (Å²) >= 11 is 6.17. The molecule has 11 heteroatoms. The number of ether oxygens (including phenoxy) is 2. The Morgan fingerprint density at radius 2 is 1.48 bits per heavy atom. The molecule has 0 saturated carbocycles. The van der Waals surface area contributed by atoms with Crippen LogP contribution in [0.25, 0.3) is 0 Å². The van der Waals surface area contributed by atoms with Crippen LogP contribution in [0, 0.1) is 0 Å². The maximum Gasteiger partial charge on any atom is 0.408 e. The van der Waals surface area contributed by atoms with Gasteiger partial charge >= 0.3 is 12.2 Å². The molecular formula is C22H39Cl3N4O4. The van der Waals surface area contributed by atoms with Crippen molar-refractivity contribution in [1.29, 1.82) is 0 Å². The van der Waals surface area contributed by atoms with Crippen molar-refractivity contribution >= 4 is 48.6 Å². The van der Waals surface area contributed by atoms with E-state index in [1.54, 1.807) is 30.9 Å². The fourth-order valence-electron chi connectivity index (χ4n) is 3.20. The lowest BCUT2D eigenvalue weighted by molar-refractivity contribution is -0.114. The molecule has 8 nitrogen and oxygen atoms in total. The molecule has 0 aliphatic heterocycles. The third-order valence-electron chi connectivity index (χ3n) is 4.81. The van der Waals surface area contributed by atoms with Crippen molar-refractivity contribution < 1.29 is 19.1 Å². The Kier molecular flexibility index (Phi) is 19.3. The van der Waals surface area contributed by atoms with Crippen molar-refractivity contribution in [2.75, 3.05) is 19.6 Å². The van der Waals surface area contributed by atoms with Crippen LogP contribution in [0.5, 0.6) is 0 Å². The van der Waals surface area contributed by atoms with Crippen LogP contribution >= 0.6 is 36.4 Å². The lowest BCUT2D eigenvalue weighted by Gasteiger charge is -2.39. The molecule has 0 aliphatic rings. The first-order valence-corrected chi connectivity index (χ1v) is 11.3. The van der Waals surface area contributed by atoms with Gasteiger partial charge in [-0.15, -0.1) is 24.8 Å². The number of alkyl carbamates (subject to hydrolysis) is 2. The summed E-state index contributed by atoms with van der Waals surface area (Å²) in [5, 5.41) is 6.02. The van der Waals surface area contributed by atoms with E-state index in [1.165, 1.54) is 0 Å². The first-order chi connectivity index (χ1) is 14.8. The summed E-state index contributed by atoms with van der Waals surface area (Å²) in [5.74, 6) is 0. The number of carbonyl (C=O) groups excluding carboxylic acids is 2. The molecule has 1 aromatic rings. The van der Waals surface area contributed by atoms with Crippen molar-refractivity contribution in [3.05, 3.63) is 34.9 Å². The van der Waals surface area contributed by atoms with E-state index in [1.807, 2.05) is 26.0 Å². The number of unbranched alkanes of at least 4 members (excludes halogenated alkanes) is 2. The standard InChI is InChI=1S/C22H37ClN4O4.2ClH/c1-5-7-12-25-21(28)30-16(3)27(17(4)31-22(29)26-13-8-6-2)20(15-24)18-10-9-11-19(23)14-18;;/h9-11,14,16-17,20H,5-8,12-13,15,24H2,1-4H3,(H,25,28)(H,26,29);2*1H. The van der Waals surface area contributed by atoms with Crippen LogP contribution in [0.1, 0.15) is 65.0 Å². The minimum atomic E-state index is -0.715. The maximum atomic E-state index is 12.2. The third kappa shape index (κ3) is 12.5. The predicted molar refractivity (Wildman–Crippen MR) is 137 cm³/mol. The van der Waals surface area contributed by atoms with E-state index in [0.717, 1.165) is 31.2 Å². The van der Waals surface area contributed by atoms with Gasteiger partial charge in [-0.3, -0.25) is 0 Å². The minimum Gasteiger partial charge on any atom is -0.430 e. The van der Waals surface area contributed by atoms with E-state index in [2.05, 4.69) is 10.6 Å². The van der Waals surface area contributed by atoms with Gasteiger partial charge in [-0.1, -0.05) is 50.4 Å². The van der Waals surface area contributed by atoms with Gasteiger partial charge in [-0.25, -0.2) is 14.5 Å². The van der Waals surface area contributed by atoms with Gasteiger partial charge in [0.1, 0.15) is 0 Å². The lowest BCUT2D eigenvalue weighted by atomic mass is 10.0. The Hall–Kier alpha value is -1.45. The SMILES string of the molecule is CCCCNC(=O)OC(C)N(C(C)OC(=O)NCCCC)C(CN)c1cccc(Cl)c1.Cl.Cl. The molecule has 33 heavy (non-hydrogen) atoms. The number of nitrogens with one attached hydrogen (secondary N) is 2. The van der Waals surface area contributed by atoms with Crippen LogP contribution in [0.3, 0.4) is 0 Å². The van der Waals surface area contributed by atoms with Crippen molar-refractivity contribution in [2.45, 2.75) is 71.9 Å². The Morgan fingerprint density at radius 3 is 1.88 bits per heavy atom. The number of hydrogen-bond donors (Lipinski definition) is 3. The number of nitrogens with zero attached hydrogens (tertiary/aromatic N) is 1. The van der Waals surface area contributed by atoms with Gasteiger partial charge in [0.15, 0.2) is 12.5 Å². The van der Waals surface area contributed by atoms with Gasteiger partial charge in [0.2, 0.25) is 0 Å². The highest BCUT2D eigenvalue weighted by Gasteiger charge is 2.33. The number of amides is 2. The molecule has 0 heterocycles. The molecule has 2 amide bonds. The minimum absolute atomic E-state index is 0. The fraction of sp³-hybridized carbons (Fsp3) is 0.636. The van der Waals surface area contributed by atoms with Crippen molar-refractivity contribution in [3.8, 4) is 0 Å². The van der Waals surface area contributed by atoms with E-state index in [0.29, 0.717) is 18.1 Å². The highest BCUT2D eigenvalue weighted by atomic mass is 35.5. The fourth-order valence-corrected chi connectivity index (χ4v) is 3.39. The van der Waals surface area contributed by atoms with Crippen molar-refractivity contribution in [3.63, 3.8) is 0 Å². The van der Waals surface area contributed by atoms with Gasteiger partial charge in [0.05, 0.1) is 6.04 Å². The summed E-state index contributed by atoms with van der Waals surface area (Å²) in [6, 6.07) is 6.89. The molecule has 3 atom stereocenters. The highest BCUT2D eigenvalue weighted by molar-refractivity contribution is 6.30. The lowest BCUT2D eigenvalue weighted by Crippen LogP contribution is -2.50. The Bertz CT molecular complexity index is 655. The number of nitrogens with two attached hydrogens (primary N) is 1. The largest absolute Gasteiger partial charge is 0.430 e. The zero-order chi connectivity index (χ0) is 23.2. The quantitative estimate of drug-likeness (QED) is 0.239. The predicted octanol–water partition coefficient (Wildman–Crippen LogP) is 5.23. The molecule has 0 saturated heterocycles. The zero-order valence-electron chi connectivity index (χ0n) is 19.8. The maximum absolute atomic E-state index is 12.2. The molecule has 1 rings (SSSR count). The highest BCUT2D eigenvalue weighted by Crippen LogP contribution is 2.27. The monoisotopic (exact) mass is 528 g/mol. The average molecular weight is 530 g/mol. The molecule has 0 radical (unpaired) electrons. The van der Waals surface area contributed by atoms with E-state index in [-0.39, 0.29) is 31.4 Å². The Labute approximate surface area is 215 Å². The number of halogens is 3. The second kappa shape index (κ2) is 18.9. The Balaban J connectivity index is 0. The summed E-state index contributed by atoms with van der Waals surface area (Å²) in [6.07, 6.45) is 1.14. The molecule has 1 aromatic carbocycles. The number of carbonyl (C=O) groups is 2. The number of rotatable bonds is 13. The molecule has 0 fully saturated rings. The molecule has 4 N–H and O–H groups in total. The van der Waals surface area contributed by atoms with E-state index in [9.17, 15) is 9.59 Å². The van der Waals surface area contributed by atoms with E-state index < -0.39 is 30.7 Å². The number of benzene rings is 1. The van der Waals surface area contributed by atoms with Crippen LogP contribution in [0.2, 0.25) is 5.02 Å². The summed E-state index contributed by atoms with van der Waals surface area (Å²) in [7, 11) is 0. The molecule has 192 valence electrons. The second-order valence-corrected chi connectivity index (χ2v) is 7.76. The first kappa shape index (κ1) is 33.7. The first-order valence-electron chi connectivity index (χ1n) is 11.0. The zero-order valence-corrected chi connectivity index (χ0v) is 22.2. The van der Waals surface area contributed by atoms with Crippen LogP contribution in [-0.4, -0.2) is 49.2 Å². The molecule has 3 unspecified atom stereocenters. The van der Waals surface area contributed by atoms with Gasteiger partial charge in [0.25, 0.3) is 0 Å². The van der Waals surface area contributed by atoms with Crippen LogP contribution in [0.4, 0.5) is 9.59 Å². The topological polar surface area (TPSA) is 106 Å². The molecule has 0 spiro atoms. The summed E-state index contributed by atoms with van der Waals surface area (Å²) in [4.78, 5) is 26.2. The molecule has 0 aromatic heterocycles.